The summed E-state index contributed by atoms with van der Waals surface area (Å²) in [5.74, 6) is 1.32. The minimum Gasteiger partial charge on any atom is -0.508 e. The third-order valence-electron chi connectivity index (χ3n) is 3.65. The lowest BCUT2D eigenvalue weighted by atomic mass is 10.0. The molecule has 1 fully saturated rings. The Morgan fingerprint density at radius 1 is 1.35 bits per heavy atom. The molecule has 5 heteroatoms. The van der Waals surface area contributed by atoms with E-state index in [2.05, 4.69) is 0 Å². The number of hydrogen-bond donors (Lipinski definition) is 2. The lowest BCUT2D eigenvalue weighted by Crippen LogP contribution is -2.37. The molecule has 1 aromatic rings. The number of hydrogen-bond acceptors (Lipinski definition) is 4. The minimum atomic E-state index is 0.184. The zero-order chi connectivity index (χ0) is 14.4. The van der Waals surface area contributed by atoms with Gasteiger partial charge in [0.05, 0.1) is 5.75 Å². The summed E-state index contributed by atoms with van der Waals surface area (Å²) < 4.78 is 0. The van der Waals surface area contributed by atoms with Crippen LogP contribution in [0.5, 0.6) is 5.75 Å². The normalized spacial score (nSPS) is 19.6. The molecule has 3 N–H and O–H groups in total. The van der Waals surface area contributed by atoms with Crippen LogP contribution in [0.4, 0.5) is 0 Å². The van der Waals surface area contributed by atoms with E-state index in [0.29, 0.717) is 18.2 Å². The first-order chi connectivity index (χ1) is 9.69. The topological polar surface area (TPSA) is 66.6 Å². The third kappa shape index (κ3) is 4.42. The van der Waals surface area contributed by atoms with Crippen molar-refractivity contribution in [1.29, 1.82) is 0 Å². The number of nitrogens with two attached hydrogens (primary N) is 1. The Labute approximate surface area is 124 Å². The van der Waals surface area contributed by atoms with Crippen LogP contribution in [-0.4, -0.2) is 41.3 Å². The second-order valence-electron chi connectivity index (χ2n) is 5.22. The number of benzene rings is 1. The number of nitrogens with zero attached hydrogens (tertiary/aromatic N) is 1. The molecule has 1 aromatic carbocycles. The van der Waals surface area contributed by atoms with Crippen molar-refractivity contribution in [2.45, 2.75) is 24.2 Å². The molecule has 20 heavy (non-hydrogen) atoms. The van der Waals surface area contributed by atoms with Crippen LogP contribution in [0.1, 0.15) is 19.3 Å². The Bertz CT molecular complexity index is 436. The zero-order valence-electron chi connectivity index (χ0n) is 11.6. The molecule has 0 aromatic heterocycles. The molecule has 1 saturated heterocycles. The molecule has 0 radical (unpaired) electrons. The Morgan fingerprint density at radius 3 is 2.80 bits per heavy atom. The van der Waals surface area contributed by atoms with Crippen LogP contribution in [0.15, 0.2) is 29.2 Å². The van der Waals surface area contributed by atoms with Gasteiger partial charge in [0.25, 0.3) is 0 Å². The van der Waals surface area contributed by atoms with Gasteiger partial charge in [0.15, 0.2) is 0 Å². The molecule has 0 spiro atoms. The molecule has 1 atom stereocenters. The molecule has 0 saturated carbocycles. The van der Waals surface area contributed by atoms with Gasteiger partial charge < -0.3 is 15.7 Å². The Balaban J connectivity index is 1.85. The van der Waals surface area contributed by atoms with Gasteiger partial charge in [-0.05, 0) is 49.6 Å². The third-order valence-corrected chi connectivity index (χ3v) is 4.65. The SMILES string of the molecule is NCC1CCCCN(C(=O)CSc2ccc(O)cc2)C1. The maximum absolute atomic E-state index is 12.3. The van der Waals surface area contributed by atoms with E-state index < -0.39 is 0 Å². The highest BCUT2D eigenvalue weighted by molar-refractivity contribution is 8.00. The largest absolute Gasteiger partial charge is 0.508 e. The second kappa shape index (κ2) is 7.55. The fraction of sp³-hybridized carbons (Fsp3) is 0.533. The number of carbonyl (C=O) groups excluding carboxylic acids is 1. The number of aromatic hydroxyl groups is 1. The van der Waals surface area contributed by atoms with Gasteiger partial charge in [-0.3, -0.25) is 4.79 Å². The maximum Gasteiger partial charge on any atom is 0.232 e. The summed E-state index contributed by atoms with van der Waals surface area (Å²) in [6.45, 7) is 2.31. The maximum atomic E-state index is 12.3. The van der Waals surface area contributed by atoms with Gasteiger partial charge in [-0.1, -0.05) is 6.42 Å². The monoisotopic (exact) mass is 294 g/mol. The minimum absolute atomic E-state index is 0.184. The van der Waals surface area contributed by atoms with Crippen molar-refractivity contribution in [2.75, 3.05) is 25.4 Å². The van der Waals surface area contributed by atoms with E-state index in [-0.39, 0.29) is 11.7 Å². The average Bonchev–Trinajstić information content (AvgIpc) is 2.72. The first kappa shape index (κ1) is 15.2. The molecular weight excluding hydrogens is 272 g/mol. The second-order valence-corrected chi connectivity index (χ2v) is 6.27. The fourth-order valence-electron chi connectivity index (χ4n) is 2.43. The lowest BCUT2D eigenvalue weighted by molar-refractivity contribution is -0.128. The number of likely N-dealkylation sites (tertiary alicyclic amines) is 1. The molecule has 110 valence electrons. The summed E-state index contributed by atoms with van der Waals surface area (Å²) in [6, 6.07) is 6.95. The zero-order valence-corrected chi connectivity index (χ0v) is 12.4. The average molecular weight is 294 g/mol. The lowest BCUT2D eigenvalue weighted by Gasteiger charge is -2.23. The summed E-state index contributed by atoms with van der Waals surface area (Å²) in [6.07, 6.45) is 3.37. The number of amides is 1. The number of phenols is 1. The first-order valence-electron chi connectivity index (χ1n) is 7.08. The fourth-order valence-corrected chi connectivity index (χ4v) is 3.23. The van der Waals surface area contributed by atoms with Gasteiger partial charge in [0, 0.05) is 18.0 Å². The summed E-state index contributed by atoms with van der Waals surface area (Å²) in [5.41, 5.74) is 5.75. The molecule has 1 amide bonds. The summed E-state index contributed by atoms with van der Waals surface area (Å²) in [5, 5.41) is 9.23. The number of carbonyl (C=O) groups is 1. The molecule has 0 aliphatic carbocycles. The number of rotatable bonds is 4. The van der Waals surface area contributed by atoms with Crippen molar-refractivity contribution in [2.24, 2.45) is 11.7 Å². The van der Waals surface area contributed by atoms with E-state index in [9.17, 15) is 9.90 Å². The molecular formula is C15H22N2O2S. The summed E-state index contributed by atoms with van der Waals surface area (Å²) >= 11 is 1.51. The van der Waals surface area contributed by atoms with Crippen molar-refractivity contribution >= 4 is 17.7 Å². The van der Waals surface area contributed by atoms with Gasteiger partial charge in [-0.2, -0.15) is 0 Å². The van der Waals surface area contributed by atoms with Crippen molar-refractivity contribution in [3.8, 4) is 5.75 Å². The van der Waals surface area contributed by atoms with Gasteiger partial charge in [-0.25, -0.2) is 0 Å². The van der Waals surface area contributed by atoms with Crippen LogP contribution in [0.3, 0.4) is 0 Å². The number of phenolic OH excluding ortho intramolecular Hbond substituents is 1. The highest BCUT2D eigenvalue weighted by Crippen LogP contribution is 2.22. The number of thioether (sulfide) groups is 1. The first-order valence-corrected chi connectivity index (χ1v) is 8.07. The molecule has 1 aliphatic heterocycles. The van der Waals surface area contributed by atoms with Crippen LogP contribution >= 0.6 is 11.8 Å². The Kier molecular flexibility index (Phi) is 5.73. The van der Waals surface area contributed by atoms with E-state index in [1.165, 1.54) is 11.8 Å². The van der Waals surface area contributed by atoms with E-state index in [1.54, 1.807) is 12.1 Å². The smallest absolute Gasteiger partial charge is 0.232 e. The van der Waals surface area contributed by atoms with E-state index in [4.69, 9.17) is 5.73 Å². The summed E-state index contributed by atoms with van der Waals surface area (Å²) in [7, 11) is 0. The molecule has 4 nitrogen and oxygen atoms in total. The van der Waals surface area contributed by atoms with Gasteiger partial charge >= 0.3 is 0 Å². The molecule has 1 heterocycles. The molecule has 1 unspecified atom stereocenters. The van der Waals surface area contributed by atoms with E-state index in [0.717, 1.165) is 37.2 Å². The van der Waals surface area contributed by atoms with Crippen LogP contribution < -0.4 is 5.73 Å². The van der Waals surface area contributed by atoms with Crippen LogP contribution in [-0.2, 0) is 4.79 Å². The summed E-state index contributed by atoms with van der Waals surface area (Å²) in [4.78, 5) is 15.2. The highest BCUT2D eigenvalue weighted by atomic mass is 32.2. The van der Waals surface area contributed by atoms with Crippen molar-refractivity contribution in [3.05, 3.63) is 24.3 Å². The van der Waals surface area contributed by atoms with Crippen molar-refractivity contribution < 1.29 is 9.90 Å². The van der Waals surface area contributed by atoms with Crippen LogP contribution in [0.25, 0.3) is 0 Å². The molecule has 1 aliphatic rings. The Hall–Kier alpha value is -1.20. The van der Waals surface area contributed by atoms with Gasteiger partial charge in [0.1, 0.15) is 5.75 Å². The quantitative estimate of drug-likeness (QED) is 0.834. The van der Waals surface area contributed by atoms with E-state index >= 15 is 0 Å². The van der Waals surface area contributed by atoms with Gasteiger partial charge in [0.2, 0.25) is 5.91 Å². The predicted octanol–water partition coefficient (Wildman–Crippen LogP) is 2.07. The highest BCUT2D eigenvalue weighted by Gasteiger charge is 2.21. The van der Waals surface area contributed by atoms with Crippen LogP contribution in [0.2, 0.25) is 0 Å². The molecule has 0 bridgehead atoms. The Morgan fingerprint density at radius 2 is 2.10 bits per heavy atom. The van der Waals surface area contributed by atoms with E-state index in [1.807, 2.05) is 17.0 Å². The van der Waals surface area contributed by atoms with Crippen LogP contribution in [0, 0.1) is 5.92 Å². The van der Waals surface area contributed by atoms with Crippen molar-refractivity contribution in [1.82, 2.24) is 4.90 Å². The predicted molar refractivity (Wildman–Crippen MR) is 81.8 cm³/mol. The van der Waals surface area contributed by atoms with Gasteiger partial charge in [-0.15, -0.1) is 11.8 Å². The van der Waals surface area contributed by atoms with Crippen molar-refractivity contribution in [3.63, 3.8) is 0 Å². The standard InChI is InChI=1S/C15H22N2O2S/c16-9-12-3-1-2-8-17(10-12)15(19)11-20-14-6-4-13(18)5-7-14/h4-7,12,18H,1-3,8-11,16H2. The molecule has 2 rings (SSSR count).